The standard InChI is InChI=1S/C15H21N3/c1-2-18(12-15-8-5-9-17-15)11-14-7-4-3-6-13(14)10-16/h3-4,6-7,15,17H,2,5,8-9,11-12H2,1H3. The van der Waals surface area contributed by atoms with Gasteiger partial charge in [-0.1, -0.05) is 25.1 Å². The van der Waals surface area contributed by atoms with Crippen molar-refractivity contribution >= 4 is 0 Å². The summed E-state index contributed by atoms with van der Waals surface area (Å²) in [7, 11) is 0. The van der Waals surface area contributed by atoms with Crippen molar-refractivity contribution in [3.8, 4) is 6.07 Å². The molecule has 1 aliphatic heterocycles. The minimum absolute atomic E-state index is 0.624. The lowest BCUT2D eigenvalue weighted by Gasteiger charge is -2.24. The van der Waals surface area contributed by atoms with E-state index in [1.54, 1.807) is 0 Å². The van der Waals surface area contributed by atoms with Gasteiger partial charge in [0.2, 0.25) is 0 Å². The van der Waals surface area contributed by atoms with E-state index in [1.165, 1.54) is 12.8 Å². The van der Waals surface area contributed by atoms with Gasteiger partial charge in [0, 0.05) is 19.1 Å². The van der Waals surface area contributed by atoms with Crippen molar-refractivity contribution < 1.29 is 0 Å². The molecule has 18 heavy (non-hydrogen) atoms. The van der Waals surface area contributed by atoms with Crippen molar-refractivity contribution in [2.45, 2.75) is 32.4 Å². The van der Waals surface area contributed by atoms with Crippen molar-refractivity contribution in [3.05, 3.63) is 35.4 Å². The van der Waals surface area contributed by atoms with Crippen molar-refractivity contribution in [2.24, 2.45) is 0 Å². The molecule has 0 radical (unpaired) electrons. The van der Waals surface area contributed by atoms with Gasteiger partial charge >= 0.3 is 0 Å². The van der Waals surface area contributed by atoms with Gasteiger partial charge in [-0.3, -0.25) is 4.90 Å². The molecule has 1 fully saturated rings. The van der Waals surface area contributed by atoms with Crippen LogP contribution < -0.4 is 5.32 Å². The normalized spacial score (nSPS) is 19.1. The third kappa shape index (κ3) is 3.32. The van der Waals surface area contributed by atoms with E-state index < -0.39 is 0 Å². The molecule has 96 valence electrons. The molecule has 1 unspecified atom stereocenters. The van der Waals surface area contributed by atoms with Crippen molar-refractivity contribution in [2.75, 3.05) is 19.6 Å². The van der Waals surface area contributed by atoms with E-state index in [0.717, 1.165) is 37.3 Å². The molecule has 0 bridgehead atoms. The number of benzene rings is 1. The molecule has 3 heteroatoms. The number of hydrogen-bond donors (Lipinski definition) is 1. The predicted molar refractivity (Wildman–Crippen MR) is 73.1 cm³/mol. The maximum Gasteiger partial charge on any atom is 0.0995 e. The van der Waals surface area contributed by atoms with Gasteiger partial charge in [0.15, 0.2) is 0 Å². The van der Waals surface area contributed by atoms with Crippen LogP contribution in [-0.2, 0) is 6.54 Å². The zero-order chi connectivity index (χ0) is 12.8. The lowest BCUT2D eigenvalue weighted by Crippen LogP contribution is -2.37. The fraction of sp³-hybridized carbons (Fsp3) is 0.533. The molecule has 0 spiro atoms. The number of likely N-dealkylation sites (N-methyl/N-ethyl adjacent to an activating group) is 1. The molecule has 1 N–H and O–H groups in total. The van der Waals surface area contributed by atoms with Crippen LogP contribution in [0.5, 0.6) is 0 Å². The highest BCUT2D eigenvalue weighted by Gasteiger charge is 2.17. The third-order valence-corrected chi connectivity index (χ3v) is 3.62. The molecule has 0 amide bonds. The summed E-state index contributed by atoms with van der Waals surface area (Å²) in [4.78, 5) is 2.42. The Morgan fingerprint density at radius 3 is 2.94 bits per heavy atom. The molecule has 1 atom stereocenters. The Morgan fingerprint density at radius 2 is 2.28 bits per heavy atom. The zero-order valence-corrected chi connectivity index (χ0v) is 11.0. The zero-order valence-electron chi connectivity index (χ0n) is 11.0. The number of nitrogens with one attached hydrogen (secondary N) is 1. The van der Waals surface area contributed by atoms with Gasteiger partial charge in [0.25, 0.3) is 0 Å². The largest absolute Gasteiger partial charge is 0.313 e. The van der Waals surface area contributed by atoms with Gasteiger partial charge in [-0.2, -0.15) is 5.26 Å². The summed E-state index contributed by atoms with van der Waals surface area (Å²) in [5.74, 6) is 0. The van der Waals surface area contributed by atoms with Gasteiger partial charge in [0.05, 0.1) is 11.6 Å². The minimum atomic E-state index is 0.624. The monoisotopic (exact) mass is 243 g/mol. The Balaban J connectivity index is 1.98. The Hall–Kier alpha value is -1.37. The van der Waals surface area contributed by atoms with E-state index in [4.69, 9.17) is 5.26 Å². The molecule has 1 aromatic rings. The van der Waals surface area contributed by atoms with E-state index >= 15 is 0 Å². The summed E-state index contributed by atoms with van der Waals surface area (Å²) in [6.07, 6.45) is 2.56. The summed E-state index contributed by atoms with van der Waals surface area (Å²) >= 11 is 0. The molecular weight excluding hydrogens is 222 g/mol. The van der Waals surface area contributed by atoms with Crippen LogP contribution in [0.1, 0.15) is 30.9 Å². The fourth-order valence-corrected chi connectivity index (χ4v) is 2.54. The van der Waals surface area contributed by atoms with Gasteiger partial charge in [-0.25, -0.2) is 0 Å². The van der Waals surface area contributed by atoms with Crippen molar-refractivity contribution in [3.63, 3.8) is 0 Å². The molecule has 0 aliphatic carbocycles. The molecule has 3 nitrogen and oxygen atoms in total. The lowest BCUT2D eigenvalue weighted by atomic mass is 10.1. The number of rotatable bonds is 5. The van der Waals surface area contributed by atoms with Gasteiger partial charge in [-0.05, 0) is 37.6 Å². The maximum atomic E-state index is 9.11. The van der Waals surface area contributed by atoms with Crippen molar-refractivity contribution in [1.82, 2.24) is 10.2 Å². The Kier molecular flexibility index (Phi) is 4.74. The van der Waals surface area contributed by atoms with Crippen molar-refractivity contribution in [1.29, 1.82) is 5.26 Å². The van der Waals surface area contributed by atoms with Crippen LogP contribution >= 0.6 is 0 Å². The van der Waals surface area contributed by atoms with Crippen LogP contribution in [0.25, 0.3) is 0 Å². The predicted octanol–water partition coefficient (Wildman–Crippen LogP) is 2.13. The highest BCUT2D eigenvalue weighted by atomic mass is 15.1. The summed E-state index contributed by atoms with van der Waals surface area (Å²) in [5, 5.41) is 12.6. The highest BCUT2D eigenvalue weighted by Crippen LogP contribution is 2.13. The first kappa shape index (κ1) is 13.1. The second kappa shape index (κ2) is 6.53. The minimum Gasteiger partial charge on any atom is -0.313 e. The average molecular weight is 243 g/mol. The second-order valence-corrected chi connectivity index (χ2v) is 4.89. The van der Waals surface area contributed by atoms with Crippen LogP contribution in [0, 0.1) is 11.3 Å². The fourth-order valence-electron chi connectivity index (χ4n) is 2.54. The van der Waals surface area contributed by atoms with Crippen LogP contribution in [-0.4, -0.2) is 30.6 Å². The number of nitrogens with zero attached hydrogens (tertiary/aromatic N) is 2. The van der Waals surface area contributed by atoms with Gasteiger partial charge in [0.1, 0.15) is 0 Å². The number of hydrogen-bond acceptors (Lipinski definition) is 3. The number of nitriles is 1. The van der Waals surface area contributed by atoms with Crippen LogP contribution in [0.2, 0.25) is 0 Å². The van der Waals surface area contributed by atoms with E-state index in [0.29, 0.717) is 6.04 Å². The van der Waals surface area contributed by atoms with Crippen LogP contribution in [0.3, 0.4) is 0 Å². The average Bonchev–Trinajstić information content (AvgIpc) is 2.91. The molecule has 0 aromatic heterocycles. The first-order chi connectivity index (χ1) is 8.83. The Bertz CT molecular complexity index is 416. The van der Waals surface area contributed by atoms with E-state index in [1.807, 2.05) is 18.2 Å². The summed E-state index contributed by atoms with van der Waals surface area (Å²) in [6, 6.07) is 10.8. The molecule has 1 aliphatic rings. The summed E-state index contributed by atoms with van der Waals surface area (Å²) < 4.78 is 0. The SMILES string of the molecule is CCN(Cc1ccccc1C#N)CC1CCCN1. The van der Waals surface area contributed by atoms with Gasteiger partial charge in [-0.15, -0.1) is 0 Å². The lowest BCUT2D eigenvalue weighted by molar-refractivity contribution is 0.253. The summed E-state index contributed by atoms with van der Waals surface area (Å²) in [5.41, 5.74) is 1.94. The second-order valence-electron chi connectivity index (χ2n) is 4.89. The van der Waals surface area contributed by atoms with Crippen LogP contribution in [0.4, 0.5) is 0 Å². The highest BCUT2D eigenvalue weighted by molar-refractivity contribution is 5.37. The molecule has 1 saturated heterocycles. The molecule has 0 saturated carbocycles. The quantitative estimate of drug-likeness (QED) is 0.861. The third-order valence-electron chi connectivity index (χ3n) is 3.62. The Labute approximate surface area is 109 Å². The molecule has 2 rings (SSSR count). The summed E-state index contributed by atoms with van der Waals surface area (Å²) in [6.45, 7) is 6.31. The van der Waals surface area contributed by atoms with Crippen LogP contribution in [0.15, 0.2) is 24.3 Å². The molecule has 1 aromatic carbocycles. The van der Waals surface area contributed by atoms with E-state index in [-0.39, 0.29) is 0 Å². The smallest absolute Gasteiger partial charge is 0.0995 e. The topological polar surface area (TPSA) is 39.1 Å². The molecular formula is C15H21N3. The Morgan fingerprint density at radius 1 is 1.44 bits per heavy atom. The first-order valence-corrected chi connectivity index (χ1v) is 6.77. The maximum absolute atomic E-state index is 9.11. The van der Waals surface area contributed by atoms with Gasteiger partial charge < -0.3 is 5.32 Å². The van der Waals surface area contributed by atoms with E-state index in [2.05, 4.69) is 29.3 Å². The first-order valence-electron chi connectivity index (χ1n) is 6.77. The molecule has 1 heterocycles. The van der Waals surface area contributed by atoms with E-state index in [9.17, 15) is 0 Å².